The fourth-order valence-electron chi connectivity index (χ4n) is 1.84. The molecule has 0 radical (unpaired) electrons. The number of carbonyl (C=O) groups excluding carboxylic acids is 1. The molecule has 106 valence electrons. The first-order valence-corrected chi connectivity index (χ1v) is 6.65. The summed E-state index contributed by atoms with van der Waals surface area (Å²) in [7, 11) is 0. The molecular weight excluding hydrogens is 262 g/mol. The highest BCUT2D eigenvalue weighted by Gasteiger charge is 2.05. The molecule has 0 saturated heterocycles. The lowest BCUT2D eigenvalue weighted by Crippen LogP contribution is -2.20. The Kier molecular flexibility index (Phi) is 4.63. The quantitative estimate of drug-likeness (QED) is 0.872. The summed E-state index contributed by atoms with van der Waals surface area (Å²) in [5.74, 6) is 2.99. The molecule has 0 fully saturated rings. The number of aryl methyl sites for hydroxylation is 2. The zero-order valence-electron chi connectivity index (χ0n) is 12.1. The molecule has 0 unspecified atom stereocenters. The van der Waals surface area contributed by atoms with Crippen LogP contribution in [0.4, 0.5) is 5.69 Å². The second kappa shape index (κ2) is 6.62. The lowest BCUT2D eigenvalue weighted by atomic mass is 10.1. The SMILES string of the molecule is C#Cc1cccc(NC(=O)COc2ccc(C)c(C)c2)c1. The number of hydrogen-bond donors (Lipinski definition) is 1. The number of carbonyl (C=O) groups is 1. The number of terminal acetylenes is 1. The van der Waals surface area contributed by atoms with E-state index in [1.165, 1.54) is 5.56 Å². The molecule has 0 aliphatic rings. The second-order valence-electron chi connectivity index (χ2n) is 4.81. The molecule has 0 bridgehead atoms. The predicted molar refractivity (Wildman–Crippen MR) is 84.4 cm³/mol. The Morgan fingerprint density at radius 2 is 2.00 bits per heavy atom. The number of amides is 1. The van der Waals surface area contributed by atoms with Gasteiger partial charge in [-0.3, -0.25) is 4.79 Å². The molecule has 2 rings (SSSR count). The van der Waals surface area contributed by atoms with Gasteiger partial charge in [-0.05, 0) is 55.3 Å². The second-order valence-corrected chi connectivity index (χ2v) is 4.81. The number of rotatable bonds is 4. The van der Waals surface area contributed by atoms with E-state index in [1.807, 2.05) is 32.0 Å². The van der Waals surface area contributed by atoms with Crippen LogP contribution in [0.1, 0.15) is 16.7 Å². The Balaban J connectivity index is 1.92. The molecule has 3 nitrogen and oxygen atoms in total. The zero-order chi connectivity index (χ0) is 15.2. The fraction of sp³-hybridized carbons (Fsp3) is 0.167. The van der Waals surface area contributed by atoms with E-state index in [0.717, 1.165) is 11.1 Å². The fourth-order valence-corrected chi connectivity index (χ4v) is 1.84. The molecule has 2 aromatic carbocycles. The van der Waals surface area contributed by atoms with Gasteiger partial charge in [0.1, 0.15) is 5.75 Å². The normalized spacial score (nSPS) is 9.76. The van der Waals surface area contributed by atoms with Crippen molar-refractivity contribution in [3.8, 4) is 18.1 Å². The minimum atomic E-state index is -0.220. The Hall–Kier alpha value is -2.73. The summed E-state index contributed by atoms with van der Waals surface area (Å²) < 4.78 is 5.48. The predicted octanol–water partition coefficient (Wildman–Crippen LogP) is 3.30. The lowest BCUT2D eigenvalue weighted by Gasteiger charge is -2.09. The molecule has 1 N–H and O–H groups in total. The lowest BCUT2D eigenvalue weighted by molar-refractivity contribution is -0.118. The molecule has 0 heterocycles. The number of hydrogen-bond acceptors (Lipinski definition) is 2. The van der Waals surface area contributed by atoms with Crippen LogP contribution in [0, 0.1) is 26.2 Å². The summed E-state index contributed by atoms with van der Waals surface area (Å²) in [4.78, 5) is 11.8. The van der Waals surface area contributed by atoms with Crippen LogP contribution in [-0.2, 0) is 4.79 Å². The number of benzene rings is 2. The summed E-state index contributed by atoms with van der Waals surface area (Å²) in [6.07, 6.45) is 5.32. The molecule has 0 saturated carbocycles. The average molecular weight is 279 g/mol. The number of ether oxygens (including phenoxy) is 1. The van der Waals surface area contributed by atoms with Crippen LogP contribution in [0.2, 0.25) is 0 Å². The zero-order valence-corrected chi connectivity index (χ0v) is 12.1. The molecule has 0 aromatic heterocycles. The first-order chi connectivity index (χ1) is 10.1. The van der Waals surface area contributed by atoms with Gasteiger partial charge in [-0.2, -0.15) is 0 Å². The highest BCUT2D eigenvalue weighted by atomic mass is 16.5. The van der Waals surface area contributed by atoms with E-state index >= 15 is 0 Å². The molecule has 0 spiro atoms. The van der Waals surface area contributed by atoms with Crippen molar-refractivity contribution < 1.29 is 9.53 Å². The summed E-state index contributed by atoms with van der Waals surface area (Å²) in [5.41, 5.74) is 3.72. The van der Waals surface area contributed by atoms with Crippen molar-refractivity contribution in [2.75, 3.05) is 11.9 Å². The highest BCUT2D eigenvalue weighted by Crippen LogP contribution is 2.16. The van der Waals surface area contributed by atoms with Crippen molar-refractivity contribution in [3.05, 3.63) is 59.2 Å². The maximum absolute atomic E-state index is 11.8. The van der Waals surface area contributed by atoms with Crippen LogP contribution < -0.4 is 10.1 Å². The van der Waals surface area contributed by atoms with E-state index in [2.05, 4.69) is 11.2 Å². The molecule has 0 aliphatic heterocycles. The van der Waals surface area contributed by atoms with E-state index in [4.69, 9.17) is 11.2 Å². The highest BCUT2D eigenvalue weighted by molar-refractivity contribution is 5.92. The average Bonchev–Trinajstić information content (AvgIpc) is 2.48. The van der Waals surface area contributed by atoms with Crippen molar-refractivity contribution in [3.63, 3.8) is 0 Å². The van der Waals surface area contributed by atoms with Crippen LogP contribution in [0.5, 0.6) is 5.75 Å². The first-order valence-electron chi connectivity index (χ1n) is 6.65. The van der Waals surface area contributed by atoms with Crippen molar-refractivity contribution in [2.45, 2.75) is 13.8 Å². The van der Waals surface area contributed by atoms with Crippen LogP contribution in [0.3, 0.4) is 0 Å². The minimum Gasteiger partial charge on any atom is -0.484 e. The number of anilines is 1. The number of nitrogens with one attached hydrogen (secondary N) is 1. The van der Waals surface area contributed by atoms with E-state index in [9.17, 15) is 4.79 Å². The van der Waals surface area contributed by atoms with Gasteiger partial charge < -0.3 is 10.1 Å². The van der Waals surface area contributed by atoms with E-state index in [1.54, 1.807) is 24.3 Å². The van der Waals surface area contributed by atoms with Crippen molar-refractivity contribution in [2.24, 2.45) is 0 Å². The van der Waals surface area contributed by atoms with E-state index in [-0.39, 0.29) is 12.5 Å². The summed E-state index contributed by atoms with van der Waals surface area (Å²) >= 11 is 0. The molecule has 0 atom stereocenters. The summed E-state index contributed by atoms with van der Waals surface area (Å²) in [5, 5.41) is 2.75. The van der Waals surface area contributed by atoms with Crippen LogP contribution in [-0.4, -0.2) is 12.5 Å². The largest absolute Gasteiger partial charge is 0.484 e. The molecule has 0 aliphatic carbocycles. The summed E-state index contributed by atoms with van der Waals surface area (Å²) in [6, 6.07) is 12.9. The molecular formula is C18H17NO2. The van der Waals surface area contributed by atoms with Gasteiger partial charge in [-0.1, -0.05) is 18.1 Å². The molecule has 1 amide bonds. The van der Waals surface area contributed by atoms with Crippen molar-refractivity contribution >= 4 is 11.6 Å². The van der Waals surface area contributed by atoms with Gasteiger partial charge >= 0.3 is 0 Å². The first kappa shape index (κ1) is 14.7. The van der Waals surface area contributed by atoms with Crippen LogP contribution in [0.25, 0.3) is 0 Å². The van der Waals surface area contributed by atoms with Gasteiger partial charge in [0.2, 0.25) is 0 Å². The summed E-state index contributed by atoms with van der Waals surface area (Å²) in [6.45, 7) is 4.00. The maximum atomic E-state index is 11.8. The Morgan fingerprint density at radius 3 is 2.71 bits per heavy atom. The van der Waals surface area contributed by atoms with Gasteiger partial charge in [0, 0.05) is 11.3 Å². The van der Waals surface area contributed by atoms with E-state index < -0.39 is 0 Å². The van der Waals surface area contributed by atoms with Gasteiger partial charge in [0.15, 0.2) is 6.61 Å². The Bertz CT molecular complexity index is 699. The monoisotopic (exact) mass is 279 g/mol. The Labute approximate surface area is 125 Å². The van der Waals surface area contributed by atoms with E-state index in [0.29, 0.717) is 11.4 Å². The van der Waals surface area contributed by atoms with Gasteiger partial charge in [0.25, 0.3) is 5.91 Å². The smallest absolute Gasteiger partial charge is 0.262 e. The third-order valence-electron chi connectivity index (χ3n) is 3.16. The molecule has 3 heteroatoms. The van der Waals surface area contributed by atoms with Crippen LogP contribution >= 0.6 is 0 Å². The standard InChI is InChI=1S/C18H17NO2/c1-4-15-6-5-7-16(11-15)19-18(20)12-21-17-9-8-13(2)14(3)10-17/h1,5-11H,12H2,2-3H3,(H,19,20). The maximum Gasteiger partial charge on any atom is 0.262 e. The van der Waals surface area contributed by atoms with Gasteiger partial charge in [-0.15, -0.1) is 6.42 Å². The van der Waals surface area contributed by atoms with Crippen molar-refractivity contribution in [1.29, 1.82) is 0 Å². The third-order valence-corrected chi connectivity index (χ3v) is 3.16. The third kappa shape index (κ3) is 4.12. The minimum absolute atomic E-state index is 0.0389. The van der Waals surface area contributed by atoms with Crippen molar-refractivity contribution in [1.82, 2.24) is 0 Å². The molecule has 2 aromatic rings. The van der Waals surface area contributed by atoms with Crippen LogP contribution in [0.15, 0.2) is 42.5 Å². The van der Waals surface area contributed by atoms with Gasteiger partial charge in [0.05, 0.1) is 0 Å². The Morgan fingerprint density at radius 1 is 1.19 bits per heavy atom. The van der Waals surface area contributed by atoms with Gasteiger partial charge in [-0.25, -0.2) is 0 Å². The molecule has 21 heavy (non-hydrogen) atoms. The topological polar surface area (TPSA) is 38.3 Å².